The van der Waals surface area contributed by atoms with Crippen molar-refractivity contribution < 1.29 is 62.1 Å². The Morgan fingerprint density at radius 2 is 1.61 bits per heavy atom. The highest BCUT2D eigenvalue weighted by molar-refractivity contribution is 7.80. The standard InChI is InChI=1S/C21H20O14S/c22-6-14-17(28)18(29)21(35-36(30,31)32)20(34-14)16-11(26)4-10(25)15-12(27)5-13(33-19(15)16)7-1-2-8(23)9(24)3-7/h1-5,14,17-18,20-26,28-29H,6H2,(H,30,31,32)/t14-,17-,18+,20+,21+/m1/s1. The van der Waals surface area contributed by atoms with Crippen molar-refractivity contribution in [3.05, 3.63) is 46.1 Å². The molecule has 5 atom stereocenters. The van der Waals surface area contributed by atoms with Crippen molar-refractivity contribution in [1.29, 1.82) is 0 Å². The molecule has 15 heteroatoms. The normalized spacial score (nSPS) is 24.7. The van der Waals surface area contributed by atoms with Crippen molar-refractivity contribution in [1.82, 2.24) is 0 Å². The Morgan fingerprint density at radius 3 is 2.22 bits per heavy atom. The Labute approximate surface area is 201 Å². The van der Waals surface area contributed by atoms with Crippen LogP contribution in [0, 0.1) is 0 Å². The minimum Gasteiger partial charge on any atom is -0.507 e. The maximum absolute atomic E-state index is 12.9. The van der Waals surface area contributed by atoms with Crippen LogP contribution in [0.3, 0.4) is 0 Å². The number of aromatic hydroxyl groups is 4. The average Bonchev–Trinajstić information content (AvgIpc) is 2.78. The third kappa shape index (κ3) is 4.56. The molecule has 1 aliphatic heterocycles. The Balaban J connectivity index is 2.01. The van der Waals surface area contributed by atoms with Gasteiger partial charge >= 0.3 is 10.4 Å². The molecular weight excluding hydrogens is 508 g/mol. The van der Waals surface area contributed by atoms with Gasteiger partial charge in [0.1, 0.15) is 53.2 Å². The van der Waals surface area contributed by atoms with Crippen LogP contribution in [0.25, 0.3) is 22.3 Å². The first-order valence-electron chi connectivity index (χ1n) is 10.2. The van der Waals surface area contributed by atoms with Crippen molar-refractivity contribution in [3.63, 3.8) is 0 Å². The van der Waals surface area contributed by atoms with Gasteiger partial charge in [-0.2, -0.15) is 8.42 Å². The van der Waals surface area contributed by atoms with Crippen LogP contribution in [0.2, 0.25) is 0 Å². The maximum Gasteiger partial charge on any atom is 0.397 e. The third-order valence-electron chi connectivity index (χ3n) is 5.64. The lowest BCUT2D eigenvalue weighted by atomic mass is 9.89. The molecule has 4 rings (SSSR count). The predicted molar refractivity (Wildman–Crippen MR) is 118 cm³/mol. The lowest BCUT2D eigenvalue weighted by molar-refractivity contribution is -0.225. The number of hydrogen-bond acceptors (Lipinski definition) is 13. The van der Waals surface area contributed by atoms with Crippen LogP contribution < -0.4 is 5.43 Å². The van der Waals surface area contributed by atoms with Gasteiger partial charge in [0, 0.05) is 17.7 Å². The summed E-state index contributed by atoms with van der Waals surface area (Å²) in [5.74, 6) is -2.85. The van der Waals surface area contributed by atoms with E-state index < -0.39 is 92.5 Å². The molecule has 8 N–H and O–H groups in total. The Kier molecular flexibility index (Phi) is 6.56. The number of fused-ring (bicyclic) bond motifs is 1. The summed E-state index contributed by atoms with van der Waals surface area (Å²) in [6.07, 6.45) is -9.56. The Morgan fingerprint density at radius 1 is 0.917 bits per heavy atom. The van der Waals surface area contributed by atoms with Crippen molar-refractivity contribution in [2.24, 2.45) is 0 Å². The first kappa shape index (κ1) is 25.6. The fourth-order valence-corrected chi connectivity index (χ4v) is 4.48. The van der Waals surface area contributed by atoms with Crippen LogP contribution in [-0.2, 0) is 19.3 Å². The number of rotatable bonds is 5. The summed E-state index contributed by atoms with van der Waals surface area (Å²) in [5, 5.41) is 70.0. The van der Waals surface area contributed by atoms with E-state index in [1.165, 1.54) is 6.07 Å². The number of aliphatic hydroxyl groups excluding tert-OH is 3. The molecule has 36 heavy (non-hydrogen) atoms. The molecule has 0 aliphatic carbocycles. The van der Waals surface area contributed by atoms with Gasteiger partial charge in [0.05, 0.1) is 12.2 Å². The molecular formula is C21H20O14S. The van der Waals surface area contributed by atoms with Gasteiger partial charge in [-0.1, -0.05) is 0 Å². The molecule has 14 nitrogen and oxygen atoms in total. The second-order valence-corrected chi connectivity index (χ2v) is 9.01. The topological polar surface area (TPSA) is 245 Å². The van der Waals surface area contributed by atoms with E-state index in [4.69, 9.17) is 9.15 Å². The Hall–Kier alpha value is -3.44. The second kappa shape index (κ2) is 9.21. The molecule has 0 saturated carbocycles. The smallest absolute Gasteiger partial charge is 0.397 e. The van der Waals surface area contributed by atoms with Crippen molar-refractivity contribution in [3.8, 4) is 34.3 Å². The molecule has 1 fully saturated rings. The summed E-state index contributed by atoms with van der Waals surface area (Å²) < 4.78 is 47.8. The quantitative estimate of drug-likeness (QED) is 0.155. The monoisotopic (exact) mass is 528 g/mol. The second-order valence-electron chi connectivity index (χ2n) is 7.96. The molecule has 1 aromatic heterocycles. The molecule has 0 unspecified atom stereocenters. The highest BCUT2D eigenvalue weighted by Crippen LogP contribution is 2.45. The summed E-state index contributed by atoms with van der Waals surface area (Å²) in [7, 11) is -5.28. The molecule has 2 aromatic carbocycles. The summed E-state index contributed by atoms with van der Waals surface area (Å²) >= 11 is 0. The van der Waals surface area contributed by atoms with Crippen molar-refractivity contribution >= 4 is 21.4 Å². The molecule has 1 saturated heterocycles. The van der Waals surface area contributed by atoms with Crippen LogP contribution in [-0.4, -0.2) is 79.7 Å². The molecule has 194 valence electrons. The SMILES string of the molecule is O=c1cc(-c2ccc(O)c(O)c2)oc2c([C@@H]3O[C@H](CO)[C@@H](O)[C@H](O)[C@@H]3OS(=O)(=O)O)c(O)cc(O)c12. The minimum absolute atomic E-state index is 0.0667. The van der Waals surface area contributed by atoms with E-state index in [1.54, 1.807) is 0 Å². The summed E-state index contributed by atoms with van der Waals surface area (Å²) in [6.45, 7) is -0.883. The maximum atomic E-state index is 12.9. The highest BCUT2D eigenvalue weighted by Gasteiger charge is 2.49. The zero-order valence-electron chi connectivity index (χ0n) is 17.9. The van der Waals surface area contributed by atoms with E-state index in [0.29, 0.717) is 6.07 Å². The van der Waals surface area contributed by atoms with Gasteiger partial charge < -0.3 is 44.9 Å². The van der Waals surface area contributed by atoms with Crippen molar-refractivity contribution in [2.75, 3.05) is 6.61 Å². The average molecular weight is 528 g/mol. The summed E-state index contributed by atoms with van der Waals surface area (Å²) in [6, 6.07) is 5.05. The van der Waals surface area contributed by atoms with Crippen LogP contribution in [0.1, 0.15) is 11.7 Å². The largest absolute Gasteiger partial charge is 0.507 e. The molecule has 0 amide bonds. The zero-order valence-corrected chi connectivity index (χ0v) is 18.7. The number of aliphatic hydroxyl groups is 3. The molecule has 0 spiro atoms. The van der Waals surface area contributed by atoms with E-state index in [1.807, 2.05) is 0 Å². The van der Waals surface area contributed by atoms with Crippen molar-refractivity contribution in [2.45, 2.75) is 30.5 Å². The number of phenolic OH excluding ortho intramolecular Hbond substituents is 4. The highest BCUT2D eigenvalue weighted by atomic mass is 32.3. The van der Waals surface area contributed by atoms with E-state index in [9.17, 15) is 53.5 Å². The molecule has 1 aliphatic rings. The minimum atomic E-state index is -5.28. The van der Waals surface area contributed by atoms with Gasteiger partial charge in [0.2, 0.25) is 0 Å². The lowest BCUT2D eigenvalue weighted by Crippen LogP contribution is -2.56. The van der Waals surface area contributed by atoms with E-state index in [2.05, 4.69) is 4.18 Å². The first-order valence-corrected chi connectivity index (χ1v) is 11.5. The fraction of sp³-hybridized carbons (Fsp3) is 0.286. The van der Waals surface area contributed by atoms with E-state index in [-0.39, 0.29) is 11.3 Å². The zero-order chi connectivity index (χ0) is 26.5. The number of hydrogen-bond donors (Lipinski definition) is 8. The van der Waals surface area contributed by atoms with Gasteiger partial charge in [0.25, 0.3) is 0 Å². The number of phenols is 4. The Bertz CT molecular complexity index is 1480. The third-order valence-corrected chi connectivity index (χ3v) is 6.11. The van der Waals surface area contributed by atoms with Crippen LogP contribution in [0.15, 0.2) is 39.5 Å². The van der Waals surface area contributed by atoms with Gasteiger partial charge in [-0.25, -0.2) is 4.18 Å². The molecule has 3 aromatic rings. The van der Waals surface area contributed by atoms with Gasteiger partial charge in [-0.3, -0.25) is 9.35 Å². The molecule has 0 radical (unpaired) electrons. The van der Waals surface area contributed by atoms with Crippen LogP contribution in [0.4, 0.5) is 0 Å². The number of ether oxygens (including phenoxy) is 1. The fourth-order valence-electron chi connectivity index (χ4n) is 3.99. The van der Waals surface area contributed by atoms with E-state index in [0.717, 1.165) is 18.2 Å². The summed E-state index contributed by atoms with van der Waals surface area (Å²) in [5.41, 5.74) is -1.91. The van der Waals surface area contributed by atoms with Crippen LogP contribution >= 0.6 is 0 Å². The van der Waals surface area contributed by atoms with Gasteiger partial charge in [0.15, 0.2) is 22.5 Å². The first-order chi connectivity index (χ1) is 16.8. The lowest BCUT2D eigenvalue weighted by Gasteiger charge is -2.41. The van der Waals surface area contributed by atoms with Gasteiger partial charge in [-0.05, 0) is 18.2 Å². The summed E-state index contributed by atoms with van der Waals surface area (Å²) in [4.78, 5) is 12.9. The number of benzene rings is 2. The van der Waals surface area contributed by atoms with E-state index >= 15 is 0 Å². The van der Waals surface area contributed by atoms with Crippen LogP contribution in [0.5, 0.6) is 23.0 Å². The molecule has 2 heterocycles. The molecule has 0 bridgehead atoms. The van der Waals surface area contributed by atoms with Gasteiger partial charge in [-0.15, -0.1) is 0 Å². The predicted octanol–water partition coefficient (Wildman–Crippen LogP) is -0.376.